The summed E-state index contributed by atoms with van der Waals surface area (Å²) in [5.74, 6) is -0.574. The van der Waals surface area contributed by atoms with Crippen LogP contribution < -0.4 is 11.1 Å². The van der Waals surface area contributed by atoms with E-state index in [-0.39, 0.29) is 0 Å². The zero-order valence-electron chi connectivity index (χ0n) is 10.1. The molecule has 1 rings (SSSR count). The molecule has 0 aliphatic heterocycles. The van der Waals surface area contributed by atoms with Crippen LogP contribution in [0, 0.1) is 5.41 Å². The molecule has 0 aliphatic rings. The van der Waals surface area contributed by atoms with Gasteiger partial charge in [0, 0.05) is 6.20 Å². The Hall–Kier alpha value is -1.91. The molecule has 0 atom stereocenters. The fourth-order valence-electron chi connectivity index (χ4n) is 1.70. The number of rotatable bonds is 5. The van der Waals surface area contributed by atoms with Crippen molar-refractivity contribution in [3.8, 4) is 0 Å². The quantitative estimate of drug-likeness (QED) is 0.754. The molecule has 1 aromatic rings. The number of pyridine rings is 1. The molecule has 0 saturated carbocycles. The standard InChI is InChI=1S/C12H17N3O2/c1-3-12(4-2,10(13)16)11(17)15-9-7-5-6-8-14-9/h5-8H,3-4H2,1-2H3,(H2,13,16)(H,14,15,17). The van der Waals surface area contributed by atoms with Crippen LogP contribution in [-0.2, 0) is 9.59 Å². The lowest BCUT2D eigenvalue weighted by Crippen LogP contribution is -2.46. The average molecular weight is 235 g/mol. The lowest BCUT2D eigenvalue weighted by atomic mass is 9.80. The normalized spacial score (nSPS) is 10.9. The summed E-state index contributed by atoms with van der Waals surface area (Å²) >= 11 is 0. The molecule has 0 radical (unpaired) electrons. The molecule has 0 aliphatic carbocycles. The van der Waals surface area contributed by atoms with E-state index in [1.807, 2.05) is 0 Å². The van der Waals surface area contributed by atoms with Gasteiger partial charge in [0.1, 0.15) is 11.2 Å². The van der Waals surface area contributed by atoms with Crippen LogP contribution in [0.4, 0.5) is 5.82 Å². The van der Waals surface area contributed by atoms with Crippen molar-refractivity contribution in [1.29, 1.82) is 0 Å². The average Bonchev–Trinajstić information content (AvgIpc) is 2.32. The Balaban J connectivity index is 2.91. The zero-order valence-corrected chi connectivity index (χ0v) is 10.1. The van der Waals surface area contributed by atoms with Gasteiger partial charge in [0.05, 0.1) is 0 Å². The highest BCUT2D eigenvalue weighted by Gasteiger charge is 2.41. The molecule has 0 unspecified atom stereocenters. The Morgan fingerprint density at radius 2 is 2.00 bits per heavy atom. The number of nitrogens with two attached hydrogens (primary N) is 1. The van der Waals surface area contributed by atoms with Crippen LogP contribution in [0.5, 0.6) is 0 Å². The first-order chi connectivity index (χ1) is 8.06. The third-order valence-electron chi connectivity index (χ3n) is 3.02. The third kappa shape index (κ3) is 2.61. The van der Waals surface area contributed by atoms with E-state index in [9.17, 15) is 9.59 Å². The minimum atomic E-state index is -1.16. The fraction of sp³-hybridized carbons (Fsp3) is 0.417. The maximum Gasteiger partial charge on any atom is 0.241 e. The van der Waals surface area contributed by atoms with Crippen LogP contribution in [0.25, 0.3) is 0 Å². The van der Waals surface area contributed by atoms with Gasteiger partial charge in [-0.25, -0.2) is 4.98 Å². The molecule has 2 amide bonds. The van der Waals surface area contributed by atoms with Gasteiger partial charge in [-0.1, -0.05) is 19.9 Å². The molecule has 3 N–H and O–H groups in total. The van der Waals surface area contributed by atoms with Gasteiger partial charge in [0.25, 0.3) is 0 Å². The van der Waals surface area contributed by atoms with Crippen molar-refractivity contribution in [2.45, 2.75) is 26.7 Å². The predicted octanol–water partition coefficient (Wildman–Crippen LogP) is 1.31. The van der Waals surface area contributed by atoms with E-state index in [4.69, 9.17) is 5.73 Å². The summed E-state index contributed by atoms with van der Waals surface area (Å²) in [6, 6.07) is 5.16. The van der Waals surface area contributed by atoms with Gasteiger partial charge in [0.15, 0.2) is 0 Å². The summed E-state index contributed by atoms with van der Waals surface area (Å²) in [4.78, 5) is 27.5. The van der Waals surface area contributed by atoms with Crippen molar-refractivity contribution in [2.24, 2.45) is 11.1 Å². The van der Waals surface area contributed by atoms with Gasteiger partial charge >= 0.3 is 0 Å². The molecule has 92 valence electrons. The summed E-state index contributed by atoms with van der Waals surface area (Å²) in [6.07, 6.45) is 2.31. The van der Waals surface area contributed by atoms with Gasteiger partial charge in [-0.15, -0.1) is 0 Å². The number of nitrogens with zero attached hydrogens (tertiary/aromatic N) is 1. The van der Waals surface area contributed by atoms with Gasteiger partial charge < -0.3 is 11.1 Å². The minimum absolute atomic E-state index is 0.373. The maximum absolute atomic E-state index is 12.1. The van der Waals surface area contributed by atoms with Gasteiger partial charge in [-0.3, -0.25) is 9.59 Å². The molecule has 1 heterocycles. The van der Waals surface area contributed by atoms with Crippen molar-refractivity contribution >= 4 is 17.6 Å². The Bertz CT molecular complexity index is 399. The number of hydrogen-bond donors (Lipinski definition) is 2. The molecule has 0 spiro atoms. The van der Waals surface area contributed by atoms with E-state index in [0.29, 0.717) is 18.7 Å². The number of primary amides is 1. The number of nitrogens with one attached hydrogen (secondary N) is 1. The Kier molecular flexibility index (Phi) is 4.20. The fourth-order valence-corrected chi connectivity index (χ4v) is 1.70. The van der Waals surface area contributed by atoms with Crippen LogP contribution in [0.1, 0.15) is 26.7 Å². The molecule has 5 heteroatoms. The number of aromatic nitrogens is 1. The Morgan fingerprint density at radius 1 is 1.35 bits per heavy atom. The highest BCUT2D eigenvalue weighted by Crippen LogP contribution is 2.27. The van der Waals surface area contributed by atoms with Gasteiger partial charge in [-0.05, 0) is 25.0 Å². The molecule has 0 bridgehead atoms. The lowest BCUT2D eigenvalue weighted by molar-refractivity contribution is -0.139. The molecule has 0 fully saturated rings. The monoisotopic (exact) mass is 235 g/mol. The first-order valence-corrected chi connectivity index (χ1v) is 5.59. The number of carbonyl (C=O) groups is 2. The van der Waals surface area contributed by atoms with Crippen molar-refractivity contribution in [1.82, 2.24) is 4.98 Å². The number of carbonyl (C=O) groups excluding carboxylic acids is 2. The predicted molar refractivity (Wildman–Crippen MR) is 65.1 cm³/mol. The highest BCUT2D eigenvalue weighted by atomic mass is 16.2. The van der Waals surface area contributed by atoms with E-state index < -0.39 is 17.2 Å². The first kappa shape index (κ1) is 13.2. The van der Waals surface area contributed by atoms with Crippen LogP contribution in [0.3, 0.4) is 0 Å². The van der Waals surface area contributed by atoms with Crippen LogP contribution in [0.2, 0.25) is 0 Å². The van der Waals surface area contributed by atoms with Gasteiger partial charge in [-0.2, -0.15) is 0 Å². The molecular weight excluding hydrogens is 218 g/mol. The molecule has 0 saturated heterocycles. The molecule has 5 nitrogen and oxygen atoms in total. The highest BCUT2D eigenvalue weighted by molar-refractivity contribution is 6.09. The molecule has 17 heavy (non-hydrogen) atoms. The molecule has 1 aromatic heterocycles. The second kappa shape index (κ2) is 5.43. The smallest absolute Gasteiger partial charge is 0.241 e. The van der Waals surface area contributed by atoms with Crippen molar-refractivity contribution in [2.75, 3.05) is 5.32 Å². The van der Waals surface area contributed by atoms with Crippen molar-refractivity contribution < 1.29 is 9.59 Å². The zero-order chi connectivity index (χ0) is 12.9. The van der Waals surface area contributed by atoms with Gasteiger partial charge in [0.2, 0.25) is 11.8 Å². The summed E-state index contributed by atoms with van der Waals surface area (Å²) < 4.78 is 0. The summed E-state index contributed by atoms with van der Waals surface area (Å²) in [5.41, 5.74) is 4.17. The minimum Gasteiger partial charge on any atom is -0.369 e. The number of anilines is 1. The lowest BCUT2D eigenvalue weighted by Gasteiger charge is -2.26. The first-order valence-electron chi connectivity index (χ1n) is 5.59. The SMILES string of the molecule is CCC(CC)(C(N)=O)C(=O)Nc1ccccn1. The number of hydrogen-bond acceptors (Lipinski definition) is 3. The molecule has 0 aromatic carbocycles. The summed E-state index contributed by atoms with van der Waals surface area (Å²) in [7, 11) is 0. The van der Waals surface area contributed by atoms with Crippen molar-refractivity contribution in [3.63, 3.8) is 0 Å². The van der Waals surface area contributed by atoms with Crippen LogP contribution >= 0.6 is 0 Å². The van der Waals surface area contributed by atoms with Crippen molar-refractivity contribution in [3.05, 3.63) is 24.4 Å². The Labute approximate surface area is 100 Å². The molecular formula is C12H17N3O2. The largest absolute Gasteiger partial charge is 0.369 e. The Morgan fingerprint density at radius 3 is 2.41 bits per heavy atom. The third-order valence-corrected chi connectivity index (χ3v) is 3.02. The second-order valence-electron chi connectivity index (χ2n) is 3.82. The van der Waals surface area contributed by atoms with E-state index in [2.05, 4.69) is 10.3 Å². The summed E-state index contributed by atoms with van der Waals surface area (Å²) in [6.45, 7) is 3.54. The summed E-state index contributed by atoms with van der Waals surface area (Å²) in [5, 5.41) is 2.62. The maximum atomic E-state index is 12.1. The van der Waals surface area contributed by atoms with E-state index in [1.165, 1.54) is 0 Å². The van der Waals surface area contributed by atoms with Crippen LogP contribution in [-0.4, -0.2) is 16.8 Å². The second-order valence-corrected chi connectivity index (χ2v) is 3.82. The van der Waals surface area contributed by atoms with E-state index >= 15 is 0 Å². The topological polar surface area (TPSA) is 85.1 Å². The number of amides is 2. The van der Waals surface area contributed by atoms with Crippen LogP contribution in [0.15, 0.2) is 24.4 Å². The van der Waals surface area contributed by atoms with E-state index in [0.717, 1.165) is 0 Å². The van der Waals surface area contributed by atoms with E-state index in [1.54, 1.807) is 38.2 Å².